The molecule has 2 rings (SSSR count). The maximum atomic E-state index is 14.2. The highest BCUT2D eigenvalue weighted by Gasteiger charge is 2.52. The Morgan fingerprint density at radius 1 is 1.22 bits per heavy atom. The van der Waals surface area contributed by atoms with Gasteiger partial charge in [0.05, 0.1) is 23.9 Å². The molecule has 1 heterocycles. The summed E-state index contributed by atoms with van der Waals surface area (Å²) in [6, 6.07) is 4.17. The van der Waals surface area contributed by atoms with Gasteiger partial charge in [0.2, 0.25) is 5.91 Å². The number of hydrogen-bond donors (Lipinski definition) is 1. The summed E-state index contributed by atoms with van der Waals surface area (Å²) in [6.45, 7) is 9.29. The number of methoxy groups -OCH3 is 1. The first-order valence-electron chi connectivity index (χ1n) is 8.65. The van der Waals surface area contributed by atoms with Crippen molar-refractivity contribution < 1.29 is 28.0 Å². The van der Waals surface area contributed by atoms with E-state index in [1.807, 2.05) is 27.7 Å². The Hall–Kier alpha value is -2.19. The molecule has 0 atom stereocenters. The summed E-state index contributed by atoms with van der Waals surface area (Å²) in [5.41, 5.74) is -0.0991. The van der Waals surface area contributed by atoms with Crippen molar-refractivity contribution in [2.24, 2.45) is 0 Å². The summed E-state index contributed by atoms with van der Waals surface area (Å²) >= 11 is 0. The summed E-state index contributed by atoms with van der Waals surface area (Å²) in [5, 5.41) is 2.72. The monoisotopic (exact) mass is 377 g/mol. The second kappa shape index (κ2) is 7.82. The average Bonchev–Trinajstić information content (AvgIpc) is 2.78. The molecule has 1 aliphatic rings. The van der Waals surface area contributed by atoms with Crippen molar-refractivity contribution in [2.75, 3.05) is 13.7 Å². The third-order valence-electron chi connectivity index (χ3n) is 4.85. The van der Waals surface area contributed by atoms with E-state index in [9.17, 15) is 14.0 Å². The summed E-state index contributed by atoms with van der Waals surface area (Å²) in [4.78, 5) is 22.9. The van der Waals surface area contributed by atoms with E-state index < -0.39 is 30.1 Å². The standard InChI is InChI=1S/C19H25BFNO5/c1-12(23)22-11-14(20-26-18(2,3)19(4,5)27-20)9-13-7-8-15(16(21)10-13)17(24)25-6/h7-10H,11H2,1-6H3,(H,22,23). The third-order valence-corrected chi connectivity index (χ3v) is 4.85. The Balaban J connectivity index is 2.35. The number of ether oxygens (including phenoxy) is 1. The van der Waals surface area contributed by atoms with Crippen molar-refractivity contribution >= 4 is 25.1 Å². The van der Waals surface area contributed by atoms with Crippen LogP contribution in [0.15, 0.2) is 23.7 Å². The maximum Gasteiger partial charge on any atom is 0.492 e. The number of esters is 1. The van der Waals surface area contributed by atoms with E-state index in [1.54, 1.807) is 12.1 Å². The Morgan fingerprint density at radius 3 is 2.30 bits per heavy atom. The van der Waals surface area contributed by atoms with E-state index in [0.29, 0.717) is 11.0 Å². The topological polar surface area (TPSA) is 73.9 Å². The van der Waals surface area contributed by atoms with Gasteiger partial charge in [-0.1, -0.05) is 12.1 Å². The van der Waals surface area contributed by atoms with Gasteiger partial charge in [-0.3, -0.25) is 4.79 Å². The van der Waals surface area contributed by atoms with Crippen LogP contribution in [-0.2, 0) is 18.8 Å². The van der Waals surface area contributed by atoms with Gasteiger partial charge in [-0.2, -0.15) is 0 Å². The first-order valence-corrected chi connectivity index (χ1v) is 8.65. The van der Waals surface area contributed by atoms with E-state index in [1.165, 1.54) is 26.2 Å². The Kier molecular flexibility index (Phi) is 6.12. The molecule has 0 unspecified atom stereocenters. The van der Waals surface area contributed by atoms with Crippen molar-refractivity contribution in [2.45, 2.75) is 45.8 Å². The second-order valence-corrected chi connectivity index (χ2v) is 7.45. The minimum Gasteiger partial charge on any atom is -0.465 e. The van der Waals surface area contributed by atoms with Gasteiger partial charge < -0.3 is 19.4 Å². The molecule has 1 fully saturated rings. The van der Waals surface area contributed by atoms with Crippen molar-refractivity contribution in [3.05, 3.63) is 40.6 Å². The number of rotatable bonds is 5. The smallest absolute Gasteiger partial charge is 0.465 e. The zero-order chi connectivity index (χ0) is 20.4. The fourth-order valence-corrected chi connectivity index (χ4v) is 2.53. The highest BCUT2D eigenvalue weighted by Crippen LogP contribution is 2.38. The second-order valence-electron chi connectivity index (χ2n) is 7.45. The van der Waals surface area contributed by atoms with Crippen molar-refractivity contribution in [1.29, 1.82) is 0 Å². The van der Waals surface area contributed by atoms with Gasteiger partial charge in [-0.05, 0) is 50.9 Å². The lowest BCUT2D eigenvalue weighted by atomic mass is 9.77. The lowest BCUT2D eigenvalue weighted by Gasteiger charge is -2.32. The number of amides is 1. The summed E-state index contributed by atoms with van der Waals surface area (Å²) in [5.74, 6) is -1.64. The largest absolute Gasteiger partial charge is 0.492 e. The number of nitrogens with one attached hydrogen (secondary N) is 1. The third kappa shape index (κ3) is 4.76. The number of halogens is 1. The highest BCUT2D eigenvalue weighted by atomic mass is 19.1. The molecule has 1 saturated heterocycles. The molecule has 0 saturated carbocycles. The van der Waals surface area contributed by atoms with Crippen LogP contribution in [0.5, 0.6) is 0 Å². The maximum absolute atomic E-state index is 14.2. The highest BCUT2D eigenvalue weighted by molar-refractivity contribution is 6.56. The average molecular weight is 377 g/mol. The molecule has 1 amide bonds. The minimum absolute atomic E-state index is 0.145. The van der Waals surface area contributed by atoms with Crippen LogP contribution in [-0.4, -0.2) is 43.9 Å². The molecule has 0 spiro atoms. The molecule has 146 valence electrons. The normalized spacial score (nSPS) is 18.3. The quantitative estimate of drug-likeness (QED) is 0.631. The molecule has 0 bridgehead atoms. The molecule has 0 aromatic heterocycles. The van der Waals surface area contributed by atoms with Crippen LogP contribution in [0.25, 0.3) is 6.08 Å². The molecule has 1 aliphatic heterocycles. The predicted octanol–water partition coefficient (Wildman–Crippen LogP) is 2.76. The Morgan fingerprint density at radius 2 is 1.81 bits per heavy atom. The van der Waals surface area contributed by atoms with Gasteiger partial charge in [0.1, 0.15) is 5.82 Å². The minimum atomic E-state index is -0.743. The number of hydrogen-bond acceptors (Lipinski definition) is 5. The SMILES string of the molecule is COC(=O)c1ccc(C=C(CNC(C)=O)B2OC(C)(C)C(C)(C)O2)cc1F. The van der Waals surface area contributed by atoms with Crippen LogP contribution in [0, 0.1) is 5.82 Å². The Labute approximate surface area is 159 Å². The molecule has 1 aromatic carbocycles. The fraction of sp³-hybridized carbons (Fsp3) is 0.474. The van der Waals surface area contributed by atoms with Crippen molar-refractivity contribution in [3.8, 4) is 0 Å². The van der Waals surface area contributed by atoms with E-state index in [-0.39, 0.29) is 18.0 Å². The molecule has 1 aromatic rings. The van der Waals surface area contributed by atoms with Gasteiger partial charge in [0, 0.05) is 13.5 Å². The van der Waals surface area contributed by atoms with Crippen LogP contribution >= 0.6 is 0 Å². The molecule has 1 N–H and O–H groups in total. The van der Waals surface area contributed by atoms with Crippen LogP contribution in [0.1, 0.15) is 50.5 Å². The van der Waals surface area contributed by atoms with Crippen molar-refractivity contribution in [1.82, 2.24) is 5.32 Å². The zero-order valence-electron chi connectivity index (χ0n) is 16.5. The molecule has 8 heteroatoms. The van der Waals surface area contributed by atoms with Crippen molar-refractivity contribution in [3.63, 3.8) is 0 Å². The fourth-order valence-electron chi connectivity index (χ4n) is 2.53. The summed E-state index contributed by atoms with van der Waals surface area (Å²) in [7, 11) is 0.504. The predicted molar refractivity (Wildman–Crippen MR) is 100 cm³/mol. The first-order chi connectivity index (χ1) is 12.5. The first kappa shape index (κ1) is 21.1. The van der Waals surface area contributed by atoms with Gasteiger partial charge >= 0.3 is 13.1 Å². The molecule has 0 radical (unpaired) electrons. The molecule has 27 heavy (non-hydrogen) atoms. The van der Waals surface area contributed by atoms with E-state index in [4.69, 9.17) is 9.31 Å². The number of carbonyl (C=O) groups is 2. The lowest BCUT2D eigenvalue weighted by Crippen LogP contribution is -2.41. The van der Waals surface area contributed by atoms with Crippen LogP contribution < -0.4 is 5.32 Å². The van der Waals surface area contributed by atoms with Crippen LogP contribution in [0.2, 0.25) is 0 Å². The number of benzene rings is 1. The van der Waals surface area contributed by atoms with Crippen LogP contribution in [0.3, 0.4) is 0 Å². The van der Waals surface area contributed by atoms with Gasteiger partial charge in [0.15, 0.2) is 0 Å². The van der Waals surface area contributed by atoms with E-state index in [2.05, 4.69) is 10.1 Å². The van der Waals surface area contributed by atoms with Gasteiger partial charge in [-0.25, -0.2) is 9.18 Å². The van der Waals surface area contributed by atoms with Gasteiger partial charge in [0.25, 0.3) is 0 Å². The molecule has 0 aliphatic carbocycles. The number of carbonyl (C=O) groups excluding carboxylic acids is 2. The van der Waals surface area contributed by atoms with E-state index in [0.717, 1.165) is 0 Å². The van der Waals surface area contributed by atoms with Gasteiger partial charge in [-0.15, -0.1) is 0 Å². The Bertz CT molecular complexity index is 759. The molecular weight excluding hydrogens is 352 g/mol. The summed E-state index contributed by atoms with van der Waals surface area (Å²) in [6.07, 6.45) is 1.68. The molecular formula is C19H25BFNO5. The van der Waals surface area contributed by atoms with E-state index >= 15 is 0 Å². The van der Waals surface area contributed by atoms with Crippen LogP contribution in [0.4, 0.5) is 4.39 Å². The zero-order valence-corrected chi connectivity index (χ0v) is 16.5. The molecule has 6 nitrogen and oxygen atoms in total. The lowest BCUT2D eigenvalue weighted by molar-refractivity contribution is -0.118. The summed E-state index contributed by atoms with van der Waals surface area (Å²) < 4.78 is 30.8.